The first-order valence-electron chi connectivity index (χ1n) is 9.65. The zero-order valence-corrected chi connectivity index (χ0v) is 18.9. The van der Waals surface area contributed by atoms with E-state index in [0.717, 1.165) is 27.5 Å². The molecule has 7 nitrogen and oxygen atoms in total. The molecule has 2 N–H and O–H groups in total. The predicted molar refractivity (Wildman–Crippen MR) is 123 cm³/mol. The summed E-state index contributed by atoms with van der Waals surface area (Å²) in [5.41, 5.74) is 8.95. The first kappa shape index (κ1) is 21.3. The maximum absolute atomic E-state index is 12.1. The van der Waals surface area contributed by atoms with Crippen LogP contribution in [0.5, 0.6) is 5.75 Å². The van der Waals surface area contributed by atoms with Crippen molar-refractivity contribution in [3.05, 3.63) is 70.1 Å². The fourth-order valence-corrected chi connectivity index (χ4v) is 4.57. The van der Waals surface area contributed by atoms with Crippen LogP contribution in [0.15, 0.2) is 48.9 Å². The largest absolute Gasteiger partial charge is 0.484 e. The molecule has 0 bridgehead atoms. The van der Waals surface area contributed by atoms with E-state index in [2.05, 4.69) is 9.97 Å². The average molecular weight is 456 g/mol. The van der Waals surface area contributed by atoms with Crippen molar-refractivity contribution in [1.82, 2.24) is 19.3 Å². The molecule has 1 aromatic carbocycles. The summed E-state index contributed by atoms with van der Waals surface area (Å²) in [6, 6.07) is 9.29. The summed E-state index contributed by atoms with van der Waals surface area (Å²) in [7, 11) is 3.98. The molecule has 0 fully saturated rings. The molecule has 0 saturated heterocycles. The van der Waals surface area contributed by atoms with Crippen molar-refractivity contribution in [3.63, 3.8) is 0 Å². The maximum Gasteiger partial charge on any atom is 0.262 e. The highest BCUT2D eigenvalue weighted by Gasteiger charge is 2.21. The van der Waals surface area contributed by atoms with Gasteiger partial charge in [-0.1, -0.05) is 29.8 Å². The molecule has 0 aliphatic heterocycles. The van der Waals surface area contributed by atoms with Crippen LogP contribution < -0.4 is 10.5 Å². The molecule has 0 aliphatic rings. The van der Waals surface area contributed by atoms with Crippen molar-refractivity contribution >= 4 is 34.5 Å². The van der Waals surface area contributed by atoms with Crippen LogP contribution in [-0.2, 0) is 6.54 Å². The van der Waals surface area contributed by atoms with Gasteiger partial charge in [-0.3, -0.25) is 14.2 Å². The van der Waals surface area contributed by atoms with Gasteiger partial charge in [0.05, 0.1) is 28.7 Å². The SMILES string of the molecule is CC(Oc1cc(-c2cnc3cnc(CN(C)C)cn23)sc1C(N)=O)c1ccccc1Cl. The van der Waals surface area contributed by atoms with Crippen molar-refractivity contribution in [2.75, 3.05) is 14.1 Å². The summed E-state index contributed by atoms with van der Waals surface area (Å²) in [4.78, 5) is 24.2. The van der Waals surface area contributed by atoms with Gasteiger partial charge in [0, 0.05) is 29.4 Å². The Labute approximate surface area is 189 Å². The van der Waals surface area contributed by atoms with E-state index in [1.165, 1.54) is 11.3 Å². The molecule has 31 heavy (non-hydrogen) atoms. The molecule has 3 heterocycles. The zero-order valence-electron chi connectivity index (χ0n) is 17.4. The summed E-state index contributed by atoms with van der Waals surface area (Å²) in [6.45, 7) is 2.59. The average Bonchev–Trinajstić information content (AvgIpc) is 3.31. The number of primary amides is 1. The van der Waals surface area contributed by atoms with Crippen molar-refractivity contribution < 1.29 is 9.53 Å². The number of halogens is 1. The zero-order chi connectivity index (χ0) is 22.1. The number of nitrogens with two attached hydrogens (primary N) is 1. The lowest BCUT2D eigenvalue weighted by molar-refractivity contribution is 0.0998. The number of carbonyl (C=O) groups excluding carboxylic acids is 1. The minimum atomic E-state index is -0.540. The molecule has 1 unspecified atom stereocenters. The molecule has 0 radical (unpaired) electrons. The molecular weight excluding hydrogens is 434 g/mol. The molecule has 3 aromatic heterocycles. The van der Waals surface area contributed by atoms with E-state index in [0.29, 0.717) is 22.2 Å². The minimum absolute atomic E-state index is 0.353. The minimum Gasteiger partial charge on any atom is -0.484 e. The second-order valence-electron chi connectivity index (χ2n) is 7.44. The van der Waals surface area contributed by atoms with E-state index in [1.54, 1.807) is 12.4 Å². The number of imidazole rings is 1. The van der Waals surface area contributed by atoms with Crippen LogP contribution in [0.1, 0.15) is 34.0 Å². The monoisotopic (exact) mass is 455 g/mol. The number of rotatable bonds is 7. The molecule has 4 rings (SSSR count). The Bertz CT molecular complexity index is 1250. The normalized spacial score (nSPS) is 12.4. The molecule has 0 spiro atoms. The van der Waals surface area contributed by atoms with E-state index in [1.807, 2.05) is 66.8 Å². The van der Waals surface area contributed by atoms with Crippen LogP contribution in [-0.4, -0.2) is 39.3 Å². The lowest BCUT2D eigenvalue weighted by Gasteiger charge is -2.16. The number of benzene rings is 1. The summed E-state index contributed by atoms with van der Waals surface area (Å²) < 4.78 is 8.08. The Kier molecular flexibility index (Phi) is 5.95. The second-order valence-corrected chi connectivity index (χ2v) is 8.90. The summed E-state index contributed by atoms with van der Waals surface area (Å²) in [5, 5.41) is 0.605. The fraction of sp³-hybridized carbons (Fsp3) is 0.227. The Hall–Kier alpha value is -2.94. The Morgan fingerprint density at radius 3 is 2.77 bits per heavy atom. The van der Waals surface area contributed by atoms with Gasteiger partial charge in [-0.2, -0.15) is 0 Å². The Balaban J connectivity index is 1.72. The highest BCUT2D eigenvalue weighted by molar-refractivity contribution is 7.17. The van der Waals surface area contributed by atoms with Crippen molar-refractivity contribution in [3.8, 4) is 16.3 Å². The van der Waals surface area contributed by atoms with E-state index in [4.69, 9.17) is 22.1 Å². The summed E-state index contributed by atoms with van der Waals surface area (Å²) in [5.74, 6) is -0.112. The van der Waals surface area contributed by atoms with Gasteiger partial charge in [-0.25, -0.2) is 4.98 Å². The lowest BCUT2D eigenvalue weighted by atomic mass is 10.1. The van der Waals surface area contributed by atoms with Crippen LogP contribution in [0.25, 0.3) is 16.2 Å². The van der Waals surface area contributed by atoms with E-state index in [-0.39, 0.29) is 6.10 Å². The number of fused-ring (bicyclic) bond motifs is 1. The third-order valence-corrected chi connectivity index (χ3v) is 6.25. The van der Waals surface area contributed by atoms with Crippen LogP contribution in [0.2, 0.25) is 5.02 Å². The highest BCUT2D eigenvalue weighted by Crippen LogP contribution is 2.39. The first-order valence-corrected chi connectivity index (χ1v) is 10.8. The van der Waals surface area contributed by atoms with Crippen molar-refractivity contribution in [2.24, 2.45) is 5.73 Å². The number of hydrogen-bond donors (Lipinski definition) is 1. The van der Waals surface area contributed by atoms with Crippen molar-refractivity contribution in [2.45, 2.75) is 19.6 Å². The molecule has 4 aromatic rings. The Morgan fingerprint density at radius 2 is 2.06 bits per heavy atom. The number of hydrogen-bond acceptors (Lipinski definition) is 6. The van der Waals surface area contributed by atoms with Crippen LogP contribution >= 0.6 is 22.9 Å². The first-order chi connectivity index (χ1) is 14.8. The molecule has 1 amide bonds. The quantitative estimate of drug-likeness (QED) is 0.446. The fourth-order valence-electron chi connectivity index (χ4n) is 3.34. The van der Waals surface area contributed by atoms with Crippen LogP contribution in [0, 0.1) is 0 Å². The molecule has 1 atom stereocenters. The number of nitrogens with zero attached hydrogens (tertiary/aromatic N) is 4. The summed E-state index contributed by atoms with van der Waals surface area (Å²) >= 11 is 7.58. The smallest absolute Gasteiger partial charge is 0.262 e. The molecule has 160 valence electrons. The topological polar surface area (TPSA) is 85.8 Å². The molecule has 0 saturated carbocycles. The van der Waals surface area contributed by atoms with Gasteiger partial charge < -0.3 is 15.4 Å². The van der Waals surface area contributed by atoms with E-state index in [9.17, 15) is 4.79 Å². The van der Waals surface area contributed by atoms with Gasteiger partial charge in [-0.15, -0.1) is 11.3 Å². The van der Waals surface area contributed by atoms with Gasteiger partial charge in [0.25, 0.3) is 5.91 Å². The number of amides is 1. The third-order valence-electron chi connectivity index (χ3n) is 4.75. The van der Waals surface area contributed by atoms with E-state index >= 15 is 0 Å². The highest BCUT2D eigenvalue weighted by atomic mass is 35.5. The van der Waals surface area contributed by atoms with E-state index < -0.39 is 5.91 Å². The van der Waals surface area contributed by atoms with Gasteiger partial charge in [0.15, 0.2) is 5.65 Å². The van der Waals surface area contributed by atoms with Gasteiger partial charge in [-0.05, 0) is 27.1 Å². The third kappa shape index (κ3) is 4.41. The standard InChI is InChI=1S/C22H22ClN5O2S/c1-13(15-6-4-5-7-16(15)23)30-18-8-19(31-21(18)22(24)29)17-9-26-20-10-25-14(11-27(2)3)12-28(17)20/h4-10,12-13H,11H2,1-3H3,(H2,24,29). The van der Waals surface area contributed by atoms with Gasteiger partial charge >= 0.3 is 0 Å². The predicted octanol–water partition coefficient (Wildman–Crippen LogP) is 4.41. The van der Waals surface area contributed by atoms with Gasteiger partial charge in [0.2, 0.25) is 0 Å². The maximum atomic E-state index is 12.1. The lowest BCUT2D eigenvalue weighted by Crippen LogP contribution is -2.12. The number of thiophene rings is 1. The Morgan fingerprint density at radius 1 is 1.29 bits per heavy atom. The number of aromatic nitrogens is 3. The van der Waals surface area contributed by atoms with Crippen molar-refractivity contribution in [1.29, 1.82) is 0 Å². The van der Waals surface area contributed by atoms with Gasteiger partial charge in [0.1, 0.15) is 16.7 Å². The second kappa shape index (κ2) is 8.66. The van der Waals surface area contributed by atoms with Crippen LogP contribution in [0.4, 0.5) is 0 Å². The summed E-state index contributed by atoms with van der Waals surface area (Å²) in [6.07, 6.45) is 5.09. The number of carbonyl (C=O) groups is 1. The number of ether oxygens (including phenoxy) is 1. The molecule has 9 heteroatoms. The van der Waals surface area contributed by atoms with Crippen LogP contribution in [0.3, 0.4) is 0 Å². The molecule has 0 aliphatic carbocycles. The molecular formula is C22H22ClN5O2S.